The van der Waals surface area contributed by atoms with Crippen LogP contribution in [-0.2, 0) is 4.74 Å². The third-order valence-electron chi connectivity index (χ3n) is 2.88. The second-order valence-electron chi connectivity index (χ2n) is 5.25. The monoisotopic (exact) mass is 244 g/mol. The molecule has 1 fully saturated rings. The van der Waals surface area contributed by atoms with E-state index in [9.17, 15) is 4.79 Å². The SMILES string of the molecule is CC(CCCO)NC(=O)N1CCOC(C)(C)C1. The van der Waals surface area contributed by atoms with Crippen LogP contribution in [0.1, 0.15) is 33.6 Å². The Morgan fingerprint density at radius 1 is 1.59 bits per heavy atom. The molecule has 5 nitrogen and oxygen atoms in total. The van der Waals surface area contributed by atoms with Crippen LogP contribution >= 0.6 is 0 Å². The number of amides is 2. The molecule has 0 spiro atoms. The average Bonchev–Trinajstić information content (AvgIpc) is 2.25. The van der Waals surface area contributed by atoms with E-state index in [1.807, 2.05) is 20.8 Å². The number of hydrogen-bond donors (Lipinski definition) is 2. The van der Waals surface area contributed by atoms with Crippen molar-refractivity contribution < 1.29 is 14.6 Å². The number of carbonyl (C=O) groups excluding carboxylic acids is 1. The van der Waals surface area contributed by atoms with Crippen molar-refractivity contribution in [2.45, 2.75) is 45.3 Å². The van der Waals surface area contributed by atoms with Crippen LogP contribution in [0.2, 0.25) is 0 Å². The van der Waals surface area contributed by atoms with Crippen molar-refractivity contribution in [3.8, 4) is 0 Å². The van der Waals surface area contributed by atoms with E-state index in [0.717, 1.165) is 12.8 Å². The molecule has 2 N–H and O–H groups in total. The molecule has 1 saturated heterocycles. The highest BCUT2D eigenvalue weighted by Crippen LogP contribution is 2.16. The van der Waals surface area contributed by atoms with E-state index < -0.39 is 0 Å². The van der Waals surface area contributed by atoms with Crippen LogP contribution in [0.3, 0.4) is 0 Å². The molecule has 5 heteroatoms. The van der Waals surface area contributed by atoms with Gasteiger partial charge in [0.1, 0.15) is 0 Å². The Morgan fingerprint density at radius 2 is 2.29 bits per heavy atom. The topological polar surface area (TPSA) is 61.8 Å². The lowest BCUT2D eigenvalue weighted by Gasteiger charge is -2.38. The number of aliphatic hydroxyl groups is 1. The Bertz CT molecular complexity index is 256. The van der Waals surface area contributed by atoms with E-state index in [1.165, 1.54) is 0 Å². The first-order valence-electron chi connectivity index (χ1n) is 6.25. The Morgan fingerprint density at radius 3 is 2.88 bits per heavy atom. The number of rotatable bonds is 4. The van der Waals surface area contributed by atoms with E-state index >= 15 is 0 Å². The third kappa shape index (κ3) is 4.91. The molecule has 100 valence electrons. The first kappa shape index (κ1) is 14.3. The predicted molar refractivity (Wildman–Crippen MR) is 65.9 cm³/mol. The lowest BCUT2D eigenvalue weighted by molar-refractivity contribution is -0.0735. The summed E-state index contributed by atoms with van der Waals surface area (Å²) in [5.74, 6) is 0. The molecule has 0 aliphatic carbocycles. The molecule has 0 aromatic rings. The van der Waals surface area contributed by atoms with Gasteiger partial charge in [-0.2, -0.15) is 0 Å². The second-order valence-corrected chi connectivity index (χ2v) is 5.25. The third-order valence-corrected chi connectivity index (χ3v) is 2.88. The van der Waals surface area contributed by atoms with Crippen LogP contribution in [0.15, 0.2) is 0 Å². The van der Waals surface area contributed by atoms with E-state index in [2.05, 4.69) is 5.32 Å². The lowest BCUT2D eigenvalue weighted by Crippen LogP contribution is -2.54. The van der Waals surface area contributed by atoms with Gasteiger partial charge in [0, 0.05) is 19.2 Å². The Labute approximate surface area is 103 Å². The summed E-state index contributed by atoms with van der Waals surface area (Å²) in [6.45, 7) is 7.95. The molecule has 0 radical (unpaired) electrons. The fraction of sp³-hybridized carbons (Fsp3) is 0.917. The number of hydrogen-bond acceptors (Lipinski definition) is 3. The van der Waals surface area contributed by atoms with E-state index in [1.54, 1.807) is 4.90 Å². The summed E-state index contributed by atoms with van der Waals surface area (Å²) >= 11 is 0. The highest BCUT2D eigenvalue weighted by Gasteiger charge is 2.30. The molecule has 1 unspecified atom stereocenters. The van der Waals surface area contributed by atoms with Crippen molar-refractivity contribution >= 4 is 6.03 Å². The highest BCUT2D eigenvalue weighted by atomic mass is 16.5. The van der Waals surface area contributed by atoms with Gasteiger partial charge in [-0.05, 0) is 33.6 Å². The minimum Gasteiger partial charge on any atom is -0.396 e. The van der Waals surface area contributed by atoms with Crippen LogP contribution in [0, 0.1) is 0 Å². The summed E-state index contributed by atoms with van der Waals surface area (Å²) in [5, 5.41) is 11.7. The zero-order valence-corrected chi connectivity index (χ0v) is 11.0. The van der Waals surface area contributed by atoms with E-state index in [4.69, 9.17) is 9.84 Å². The zero-order valence-electron chi connectivity index (χ0n) is 11.0. The molecule has 0 aromatic carbocycles. The smallest absolute Gasteiger partial charge is 0.317 e. The lowest BCUT2D eigenvalue weighted by atomic mass is 10.1. The minimum absolute atomic E-state index is 0.0354. The molecule has 1 aliphatic rings. The maximum absolute atomic E-state index is 12.0. The van der Waals surface area contributed by atoms with Gasteiger partial charge in [-0.3, -0.25) is 0 Å². The van der Waals surface area contributed by atoms with Crippen molar-refractivity contribution in [3.63, 3.8) is 0 Å². The molecule has 1 rings (SSSR count). The van der Waals surface area contributed by atoms with Gasteiger partial charge in [0.2, 0.25) is 0 Å². The molecular weight excluding hydrogens is 220 g/mol. The van der Waals surface area contributed by atoms with Crippen LogP contribution in [0.5, 0.6) is 0 Å². The molecular formula is C12H24N2O3. The molecule has 1 aliphatic heterocycles. The standard InChI is InChI=1S/C12H24N2O3/c1-10(5-4-7-15)13-11(16)14-6-8-17-12(2,3)9-14/h10,15H,4-9H2,1-3H3,(H,13,16). The van der Waals surface area contributed by atoms with Gasteiger partial charge in [0.15, 0.2) is 0 Å². The fourth-order valence-electron chi connectivity index (χ4n) is 1.96. The van der Waals surface area contributed by atoms with Gasteiger partial charge in [0.05, 0.1) is 18.8 Å². The molecule has 0 saturated carbocycles. The second kappa shape index (κ2) is 6.21. The number of morpholine rings is 1. The first-order chi connectivity index (χ1) is 7.94. The van der Waals surface area contributed by atoms with E-state index in [-0.39, 0.29) is 24.3 Å². The predicted octanol–water partition coefficient (Wildman–Crippen LogP) is 0.968. The van der Waals surface area contributed by atoms with Crippen molar-refractivity contribution in [2.75, 3.05) is 26.3 Å². The Kier molecular flexibility index (Phi) is 5.21. The van der Waals surface area contributed by atoms with Crippen LogP contribution in [0.4, 0.5) is 4.79 Å². The molecule has 0 aromatic heterocycles. The quantitative estimate of drug-likeness (QED) is 0.774. The van der Waals surface area contributed by atoms with Gasteiger partial charge in [-0.15, -0.1) is 0 Å². The average molecular weight is 244 g/mol. The van der Waals surface area contributed by atoms with Crippen molar-refractivity contribution in [1.29, 1.82) is 0 Å². The summed E-state index contributed by atoms with van der Waals surface area (Å²) in [6, 6.07) is 0.0624. The van der Waals surface area contributed by atoms with Gasteiger partial charge in [-0.25, -0.2) is 4.79 Å². The maximum Gasteiger partial charge on any atom is 0.317 e. The van der Waals surface area contributed by atoms with Gasteiger partial charge < -0.3 is 20.1 Å². The number of nitrogens with one attached hydrogen (secondary N) is 1. The van der Waals surface area contributed by atoms with Crippen molar-refractivity contribution in [1.82, 2.24) is 10.2 Å². The number of nitrogens with zero attached hydrogens (tertiary/aromatic N) is 1. The minimum atomic E-state index is -0.260. The fourth-order valence-corrected chi connectivity index (χ4v) is 1.96. The molecule has 2 amide bonds. The summed E-state index contributed by atoms with van der Waals surface area (Å²) in [7, 11) is 0. The molecule has 17 heavy (non-hydrogen) atoms. The normalized spacial score (nSPS) is 21.1. The number of aliphatic hydroxyl groups excluding tert-OH is 1. The van der Waals surface area contributed by atoms with Crippen molar-refractivity contribution in [2.24, 2.45) is 0 Å². The summed E-state index contributed by atoms with van der Waals surface area (Å²) in [4.78, 5) is 13.7. The number of carbonyl (C=O) groups is 1. The highest BCUT2D eigenvalue weighted by molar-refractivity contribution is 5.74. The molecule has 1 heterocycles. The van der Waals surface area contributed by atoms with Gasteiger partial charge >= 0.3 is 6.03 Å². The van der Waals surface area contributed by atoms with Gasteiger partial charge in [-0.1, -0.05) is 0 Å². The summed E-state index contributed by atoms with van der Waals surface area (Å²) in [6.07, 6.45) is 1.52. The van der Waals surface area contributed by atoms with Crippen molar-refractivity contribution in [3.05, 3.63) is 0 Å². The Hall–Kier alpha value is -0.810. The Balaban J connectivity index is 2.36. The zero-order chi connectivity index (χ0) is 12.9. The summed E-state index contributed by atoms with van der Waals surface area (Å²) in [5.41, 5.74) is -0.260. The van der Waals surface area contributed by atoms with Crippen LogP contribution in [0.25, 0.3) is 0 Å². The summed E-state index contributed by atoms with van der Waals surface area (Å²) < 4.78 is 5.56. The van der Waals surface area contributed by atoms with Crippen LogP contribution < -0.4 is 5.32 Å². The maximum atomic E-state index is 12.0. The molecule has 1 atom stereocenters. The van der Waals surface area contributed by atoms with Gasteiger partial charge in [0.25, 0.3) is 0 Å². The molecule has 0 bridgehead atoms. The first-order valence-corrected chi connectivity index (χ1v) is 6.25. The van der Waals surface area contributed by atoms with Crippen LogP contribution in [-0.4, -0.2) is 54.0 Å². The number of urea groups is 1. The largest absolute Gasteiger partial charge is 0.396 e. The van der Waals surface area contributed by atoms with E-state index in [0.29, 0.717) is 19.7 Å². The number of ether oxygens (including phenoxy) is 1.